The van der Waals surface area contributed by atoms with Crippen LogP contribution in [0.4, 0.5) is 5.82 Å². The fourth-order valence-electron chi connectivity index (χ4n) is 4.66. The lowest BCUT2D eigenvalue weighted by Gasteiger charge is -2.35. The first-order valence-electron chi connectivity index (χ1n) is 12.5. The Morgan fingerprint density at radius 3 is 2.50 bits per heavy atom. The van der Waals surface area contributed by atoms with Gasteiger partial charge in [0.15, 0.2) is 0 Å². The molecule has 0 aromatic carbocycles. The third-order valence-corrected chi connectivity index (χ3v) is 7.78. The summed E-state index contributed by atoms with van der Waals surface area (Å²) in [6, 6.07) is 2.08. The molecular weight excluding hydrogens is 496 g/mol. The molecule has 10 heteroatoms. The molecule has 0 saturated carbocycles. The average Bonchev–Trinajstić information content (AvgIpc) is 3.10. The maximum Gasteiger partial charge on any atom is 0.309 e. The van der Waals surface area contributed by atoms with Crippen molar-refractivity contribution in [3.05, 3.63) is 31.9 Å². The normalized spacial score (nSPS) is 17.9. The minimum atomic E-state index is -0.330. The minimum absolute atomic E-state index is 0.0810. The maximum atomic E-state index is 13.3. The number of thiocarbonyl (C=S) groups is 1. The van der Waals surface area contributed by atoms with Gasteiger partial charge in [-0.1, -0.05) is 44.8 Å². The molecule has 0 bridgehead atoms. The van der Waals surface area contributed by atoms with Gasteiger partial charge in [0.2, 0.25) is 0 Å². The Bertz CT molecular complexity index is 1170. The highest BCUT2D eigenvalue weighted by molar-refractivity contribution is 8.26. The number of amides is 1. The topological polar surface area (TPSA) is 95.6 Å². The van der Waals surface area contributed by atoms with E-state index < -0.39 is 0 Å². The quantitative estimate of drug-likeness (QED) is 0.282. The molecule has 0 aliphatic carbocycles. The molecule has 0 radical (unpaired) electrons. The molecule has 0 unspecified atom stereocenters. The fraction of sp³-hybridized carbons (Fsp3) is 0.577. The summed E-state index contributed by atoms with van der Waals surface area (Å²) in [7, 11) is 0. The number of esters is 1. The van der Waals surface area contributed by atoms with E-state index in [2.05, 4.69) is 11.0 Å². The van der Waals surface area contributed by atoms with Gasteiger partial charge in [0.25, 0.3) is 11.5 Å². The van der Waals surface area contributed by atoms with Gasteiger partial charge in [0.1, 0.15) is 21.8 Å². The average molecular weight is 531 g/mol. The second-order valence-corrected chi connectivity index (χ2v) is 11.2. The molecule has 0 spiro atoms. The van der Waals surface area contributed by atoms with Crippen LogP contribution in [0.2, 0.25) is 0 Å². The summed E-state index contributed by atoms with van der Waals surface area (Å²) in [6.45, 7) is 12.0. The monoisotopic (exact) mass is 530 g/mol. The van der Waals surface area contributed by atoms with E-state index in [0.717, 1.165) is 0 Å². The first-order chi connectivity index (χ1) is 17.1. The molecule has 194 valence electrons. The zero-order valence-corrected chi connectivity index (χ0v) is 23.3. The highest BCUT2D eigenvalue weighted by Gasteiger charge is 2.34. The van der Waals surface area contributed by atoms with E-state index in [1.165, 1.54) is 11.8 Å². The molecular formula is C26H34N4O4S2. The number of anilines is 1. The van der Waals surface area contributed by atoms with Crippen molar-refractivity contribution in [3.8, 4) is 6.07 Å². The van der Waals surface area contributed by atoms with Gasteiger partial charge in [-0.2, -0.15) is 5.26 Å². The molecule has 36 heavy (non-hydrogen) atoms. The predicted molar refractivity (Wildman–Crippen MR) is 147 cm³/mol. The van der Waals surface area contributed by atoms with Crippen LogP contribution in [0.1, 0.15) is 63.6 Å². The summed E-state index contributed by atoms with van der Waals surface area (Å²) < 4.78 is 7.37. The Labute approximate surface area is 222 Å². The molecule has 1 aromatic heterocycles. The second-order valence-electron chi connectivity index (χ2n) is 9.51. The highest BCUT2D eigenvalue weighted by Crippen LogP contribution is 2.37. The number of hydrogen-bond donors (Lipinski definition) is 0. The number of piperidine rings is 1. The summed E-state index contributed by atoms with van der Waals surface area (Å²) >= 11 is 6.73. The van der Waals surface area contributed by atoms with Crippen LogP contribution in [0.25, 0.3) is 6.08 Å². The number of thioether (sulfide) groups is 1. The van der Waals surface area contributed by atoms with E-state index in [-0.39, 0.29) is 34.8 Å². The van der Waals surface area contributed by atoms with Gasteiger partial charge in [-0.15, -0.1) is 0 Å². The van der Waals surface area contributed by atoms with Crippen molar-refractivity contribution in [1.82, 2.24) is 9.47 Å². The van der Waals surface area contributed by atoms with E-state index in [1.807, 2.05) is 20.8 Å². The van der Waals surface area contributed by atoms with Crippen molar-refractivity contribution in [2.45, 2.75) is 60.4 Å². The highest BCUT2D eigenvalue weighted by atomic mass is 32.2. The molecule has 2 aliphatic rings. The lowest BCUT2D eigenvalue weighted by atomic mass is 9.95. The molecule has 1 amide bonds. The van der Waals surface area contributed by atoms with Crippen LogP contribution < -0.4 is 10.5 Å². The largest absolute Gasteiger partial charge is 0.466 e. The van der Waals surface area contributed by atoms with Gasteiger partial charge >= 0.3 is 5.97 Å². The third-order valence-electron chi connectivity index (χ3n) is 6.40. The van der Waals surface area contributed by atoms with Crippen LogP contribution in [0.3, 0.4) is 0 Å². The van der Waals surface area contributed by atoms with Gasteiger partial charge in [0.05, 0.1) is 17.4 Å². The number of nitrogens with zero attached hydrogens (tertiary/aromatic N) is 4. The van der Waals surface area contributed by atoms with Crippen molar-refractivity contribution in [1.29, 1.82) is 5.26 Å². The van der Waals surface area contributed by atoms with E-state index in [9.17, 15) is 19.6 Å². The van der Waals surface area contributed by atoms with Gasteiger partial charge in [-0.05, 0) is 50.7 Å². The number of carbonyl (C=O) groups is 2. The first-order valence-corrected chi connectivity index (χ1v) is 13.7. The zero-order valence-electron chi connectivity index (χ0n) is 21.6. The summed E-state index contributed by atoms with van der Waals surface area (Å²) in [5, 5.41) is 9.81. The van der Waals surface area contributed by atoms with E-state index in [0.29, 0.717) is 78.2 Å². The predicted octanol–water partition coefficient (Wildman–Crippen LogP) is 4.08. The van der Waals surface area contributed by atoms with Crippen LogP contribution >= 0.6 is 24.0 Å². The van der Waals surface area contributed by atoms with Crippen molar-refractivity contribution in [2.75, 3.05) is 31.1 Å². The summed E-state index contributed by atoms with van der Waals surface area (Å²) in [5.74, 6) is 0.434. The lowest BCUT2D eigenvalue weighted by molar-refractivity contribution is -0.148. The molecule has 1 aromatic rings. The van der Waals surface area contributed by atoms with Crippen LogP contribution in [0.5, 0.6) is 0 Å². The number of carbonyl (C=O) groups excluding carboxylic acids is 2. The zero-order chi connectivity index (χ0) is 26.6. The van der Waals surface area contributed by atoms with Crippen LogP contribution in [-0.2, 0) is 20.9 Å². The molecule has 0 atom stereocenters. The van der Waals surface area contributed by atoms with E-state index in [1.54, 1.807) is 29.4 Å². The Morgan fingerprint density at radius 2 is 1.94 bits per heavy atom. The molecule has 3 heterocycles. The van der Waals surface area contributed by atoms with Crippen LogP contribution in [0, 0.1) is 30.1 Å². The maximum absolute atomic E-state index is 13.3. The molecule has 2 saturated heterocycles. The van der Waals surface area contributed by atoms with E-state index in [4.69, 9.17) is 17.0 Å². The fourth-order valence-corrected chi connectivity index (χ4v) is 5.91. The SMILES string of the molecule is CCCn1c(N2CCC(C(=O)OCC)CC2)c(/C=C2\SC(=S)N(CC(C)C)C2=O)c(C)c(C#N)c1=O. The molecule has 2 fully saturated rings. The Kier molecular flexibility index (Phi) is 9.36. The lowest BCUT2D eigenvalue weighted by Crippen LogP contribution is -2.41. The van der Waals surface area contributed by atoms with E-state index >= 15 is 0 Å². The Morgan fingerprint density at radius 1 is 1.28 bits per heavy atom. The number of aromatic nitrogens is 1. The number of rotatable bonds is 8. The smallest absolute Gasteiger partial charge is 0.309 e. The van der Waals surface area contributed by atoms with Gasteiger partial charge in [-0.25, -0.2) is 0 Å². The van der Waals surface area contributed by atoms with Crippen molar-refractivity contribution < 1.29 is 14.3 Å². The summed E-state index contributed by atoms with van der Waals surface area (Å²) in [5.41, 5.74) is 0.979. The standard InChI is InChI=1S/C26H34N4O4S2/c1-6-10-29-22(28-11-8-18(9-12-28)25(33)34-7-2)19(17(5)20(14-27)23(29)31)13-21-24(32)30(15-16(3)4)26(35)36-21/h13,16,18H,6-12,15H2,1-5H3/b21-13-. The third kappa shape index (κ3) is 5.68. The minimum Gasteiger partial charge on any atom is -0.466 e. The van der Waals surface area contributed by atoms with Gasteiger partial charge in [-0.3, -0.25) is 23.9 Å². The molecule has 0 N–H and O–H groups in total. The van der Waals surface area contributed by atoms with Crippen LogP contribution in [-0.4, -0.2) is 51.9 Å². The Balaban J connectivity index is 2.11. The van der Waals surface area contributed by atoms with Crippen molar-refractivity contribution in [3.63, 3.8) is 0 Å². The molecule has 3 rings (SSSR count). The summed E-state index contributed by atoms with van der Waals surface area (Å²) in [4.78, 5) is 43.0. The number of ether oxygens (including phenoxy) is 1. The second kappa shape index (κ2) is 12.1. The van der Waals surface area contributed by atoms with Gasteiger partial charge in [0, 0.05) is 31.7 Å². The van der Waals surface area contributed by atoms with Crippen molar-refractivity contribution >= 4 is 52.1 Å². The molecule has 8 nitrogen and oxygen atoms in total. The Hall–Kier alpha value is -2.64. The van der Waals surface area contributed by atoms with Crippen LogP contribution in [0.15, 0.2) is 9.70 Å². The van der Waals surface area contributed by atoms with Crippen molar-refractivity contribution in [2.24, 2.45) is 11.8 Å². The number of hydrogen-bond acceptors (Lipinski definition) is 8. The van der Waals surface area contributed by atoms with Gasteiger partial charge < -0.3 is 9.64 Å². The number of pyridine rings is 1. The number of nitriles is 1. The molecule has 2 aliphatic heterocycles. The first kappa shape index (κ1) is 27.9. The summed E-state index contributed by atoms with van der Waals surface area (Å²) in [6.07, 6.45) is 3.70.